The van der Waals surface area contributed by atoms with Gasteiger partial charge in [-0.2, -0.15) is 0 Å². The van der Waals surface area contributed by atoms with Crippen LogP contribution in [0.4, 0.5) is 0 Å². The average Bonchev–Trinajstić information content (AvgIpc) is 2.35. The van der Waals surface area contributed by atoms with Crippen molar-refractivity contribution in [3.8, 4) is 5.75 Å². The molecule has 0 aliphatic rings. The smallest absolute Gasteiger partial charge is 0.125 e. The maximum atomic E-state index is 9.28. The van der Waals surface area contributed by atoms with E-state index >= 15 is 0 Å². The van der Waals surface area contributed by atoms with E-state index in [0.717, 1.165) is 36.1 Å². The van der Waals surface area contributed by atoms with Gasteiger partial charge in [0.2, 0.25) is 0 Å². The van der Waals surface area contributed by atoms with Gasteiger partial charge in [0.05, 0.1) is 12.7 Å². The summed E-state index contributed by atoms with van der Waals surface area (Å²) in [7, 11) is 0. The van der Waals surface area contributed by atoms with Crippen LogP contribution >= 0.6 is 0 Å². The standard InChI is InChI=1S/C14H22O3/c1-3-13(5-4-8-15)17-14-7-6-11(2)9-12(14)10-16/h6-7,9,13,15-16H,3-5,8,10H2,1-2H3. The molecule has 0 saturated heterocycles. The van der Waals surface area contributed by atoms with Gasteiger partial charge < -0.3 is 14.9 Å². The van der Waals surface area contributed by atoms with Crippen LogP contribution in [0.1, 0.15) is 37.3 Å². The van der Waals surface area contributed by atoms with Crippen LogP contribution in [0.5, 0.6) is 5.75 Å². The summed E-state index contributed by atoms with van der Waals surface area (Å²) < 4.78 is 5.87. The minimum Gasteiger partial charge on any atom is -0.490 e. The van der Waals surface area contributed by atoms with Crippen molar-refractivity contribution in [3.63, 3.8) is 0 Å². The van der Waals surface area contributed by atoms with Crippen LogP contribution in [0.25, 0.3) is 0 Å². The molecule has 1 unspecified atom stereocenters. The Kier molecular flexibility index (Phi) is 6.01. The number of hydrogen-bond acceptors (Lipinski definition) is 3. The van der Waals surface area contributed by atoms with Crippen molar-refractivity contribution >= 4 is 0 Å². The minimum absolute atomic E-state index is 0.00650. The summed E-state index contributed by atoms with van der Waals surface area (Å²) in [5.74, 6) is 0.753. The Balaban J connectivity index is 2.71. The summed E-state index contributed by atoms with van der Waals surface area (Å²) >= 11 is 0. The third-order valence-electron chi connectivity index (χ3n) is 2.82. The van der Waals surface area contributed by atoms with Crippen LogP contribution in [0.15, 0.2) is 18.2 Å². The molecule has 1 aromatic carbocycles. The largest absolute Gasteiger partial charge is 0.490 e. The van der Waals surface area contributed by atoms with E-state index in [1.165, 1.54) is 0 Å². The molecule has 2 N–H and O–H groups in total. The van der Waals surface area contributed by atoms with E-state index in [9.17, 15) is 5.11 Å². The van der Waals surface area contributed by atoms with Gasteiger partial charge in [0.15, 0.2) is 0 Å². The van der Waals surface area contributed by atoms with Gasteiger partial charge in [-0.3, -0.25) is 0 Å². The van der Waals surface area contributed by atoms with Gasteiger partial charge in [0, 0.05) is 12.2 Å². The lowest BCUT2D eigenvalue weighted by atomic mass is 10.1. The number of ether oxygens (including phenoxy) is 1. The molecule has 0 fully saturated rings. The summed E-state index contributed by atoms with van der Waals surface area (Å²) in [4.78, 5) is 0. The first-order chi connectivity index (χ1) is 8.21. The van der Waals surface area contributed by atoms with E-state index < -0.39 is 0 Å². The average molecular weight is 238 g/mol. The van der Waals surface area contributed by atoms with E-state index in [-0.39, 0.29) is 19.3 Å². The highest BCUT2D eigenvalue weighted by Gasteiger charge is 2.10. The van der Waals surface area contributed by atoms with E-state index in [1.807, 2.05) is 25.1 Å². The maximum absolute atomic E-state index is 9.28. The first kappa shape index (κ1) is 14.0. The van der Waals surface area contributed by atoms with Crippen LogP contribution in [0, 0.1) is 6.92 Å². The number of hydrogen-bond donors (Lipinski definition) is 2. The van der Waals surface area contributed by atoms with Crippen LogP contribution < -0.4 is 4.74 Å². The second kappa shape index (κ2) is 7.30. The first-order valence-electron chi connectivity index (χ1n) is 6.19. The molecule has 0 aliphatic heterocycles. The second-order valence-electron chi connectivity index (χ2n) is 4.28. The number of benzene rings is 1. The SMILES string of the molecule is CCC(CCCO)Oc1ccc(C)cc1CO. The van der Waals surface area contributed by atoms with E-state index in [2.05, 4.69) is 6.92 Å². The molecule has 0 aliphatic carbocycles. The van der Waals surface area contributed by atoms with Crippen LogP contribution in [-0.2, 0) is 6.61 Å². The third-order valence-corrected chi connectivity index (χ3v) is 2.82. The summed E-state index contributed by atoms with van der Waals surface area (Å²) in [5.41, 5.74) is 1.94. The molecular formula is C14H22O3. The second-order valence-corrected chi connectivity index (χ2v) is 4.28. The Morgan fingerprint density at radius 3 is 2.65 bits per heavy atom. The van der Waals surface area contributed by atoms with E-state index in [4.69, 9.17) is 9.84 Å². The molecule has 0 heterocycles. The van der Waals surface area contributed by atoms with Gasteiger partial charge in [-0.05, 0) is 32.3 Å². The third kappa shape index (κ3) is 4.36. The molecule has 1 atom stereocenters. The Bertz CT molecular complexity index is 336. The van der Waals surface area contributed by atoms with Crippen molar-refractivity contribution in [1.29, 1.82) is 0 Å². The molecule has 0 amide bonds. The molecule has 3 heteroatoms. The summed E-state index contributed by atoms with van der Waals surface area (Å²) in [5, 5.41) is 18.1. The Morgan fingerprint density at radius 2 is 2.06 bits per heavy atom. The molecule has 96 valence electrons. The summed E-state index contributed by atoms with van der Waals surface area (Å²) in [6, 6.07) is 5.82. The van der Waals surface area contributed by atoms with E-state index in [0.29, 0.717) is 0 Å². The van der Waals surface area contributed by atoms with Gasteiger partial charge in [-0.15, -0.1) is 0 Å². The van der Waals surface area contributed by atoms with Crippen molar-refractivity contribution in [3.05, 3.63) is 29.3 Å². The molecule has 3 nitrogen and oxygen atoms in total. The Morgan fingerprint density at radius 1 is 1.29 bits per heavy atom. The normalized spacial score (nSPS) is 12.5. The molecule has 0 saturated carbocycles. The molecule has 1 rings (SSSR count). The fourth-order valence-corrected chi connectivity index (χ4v) is 1.79. The molecule has 0 spiro atoms. The van der Waals surface area contributed by atoms with Crippen LogP contribution in [0.2, 0.25) is 0 Å². The minimum atomic E-state index is -0.00650. The van der Waals surface area contributed by atoms with Gasteiger partial charge in [0.1, 0.15) is 5.75 Å². The number of aryl methyl sites for hydroxylation is 1. The van der Waals surface area contributed by atoms with Crippen LogP contribution in [-0.4, -0.2) is 22.9 Å². The molecule has 17 heavy (non-hydrogen) atoms. The van der Waals surface area contributed by atoms with Crippen molar-refractivity contribution in [1.82, 2.24) is 0 Å². The lowest BCUT2D eigenvalue weighted by molar-refractivity contribution is 0.163. The fourth-order valence-electron chi connectivity index (χ4n) is 1.79. The predicted octanol–water partition coefficient (Wildman–Crippen LogP) is 2.42. The Labute approximate surface area is 103 Å². The zero-order valence-electron chi connectivity index (χ0n) is 10.6. The van der Waals surface area contributed by atoms with Crippen molar-refractivity contribution < 1.29 is 14.9 Å². The monoisotopic (exact) mass is 238 g/mol. The Hall–Kier alpha value is -1.06. The molecule has 0 radical (unpaired) electrons. The zero-order chi connectivity index (χ0) is 12.7. The topological polar surface area (TPSA) is 49.7 Å². The fraction of sp³-hybridized carbons (Fsp3) is 0.571. The molecule has 1 aromatic rings. The predicted molar refractivity (Wildman–Crippen MR) is 68.1 cm³/mol. The number of aliphatic hydroxyl groups excluding tert-OH is 2. The number of rotatable bonds is 7. The van der Waals surface area contributed by atoms with Gasteiger partial charge in [-0.25, -0.2) is 0 Å². The lowest BCUT2D eigenvalue weighted by Gasteiger charge is -2.19. The van der Waals surface area contributed by atoms with Crippen molar-refractivity contribution in [2.75, 3.05) is 6.61 Å². The molecular weight excluding hydrogens is 216 g/mol. The van der Waals surface area contributed by atoms with E-state index in [1.54, 1.807) is 0 Å². The summed E-state index contributed by atoms with van der Waals surface area (Å²) in [6.45, 7) is 4.24. The molecule has 0 aromatic heterocycles. The van der Waals surface area contributed by atoms with Crippen LogP contribution in [0.3, 0.4) is 0 Å². The lowest BCUT2D eigenvalue weighted by Crippen LogP contribution is -2.16. The van der Waals surface area contributed by atoms with Gasteiger partial charge >= 0.3 is 0 Å². The van der Waals surface area contributed by atoms with Gasteiger partial charge in [0.25, 0.3) is 0 Å². The zero-order valence-corrected chi connectivity index (χ0v) is 10.6. The molecule has 0 bridgehead atoms. The highest BCUT2D eigenvalue weighted by atomic mass is 16.5. The van der Waals surface area contributed by atoms with Crippen molar-refractivity contribution in [2.45, 2.75) is 45.8 Å². The quantitative estimate of drug-likeness (QED) is 0.767. The van der Waals surface area contributed by atoms with Gasteiger partial charge in [-0.1, -0.05) is 24.6 Å². The highest BCUT2D eigenvalue weighted by molar-refractivity contribution is 5.36. The number of aliphatic hydroxyl groups is 2. The first-order valence-corrected chi connectivity index (χ1v) is 6.19. The highest BCUT2D eigenvalue weighted by Crippen LogP contribution is 2.23. The maximum Gasteiger partial charge on any atom is 0.125 e. The summed E-state index contributed by atoms with van der Waals surface area (Å²) in [6.07, 6.45) is 2.60. The van der Waals surface area contributed by atoms with Crippen molar-refractivity contribution in [2.24, 2.45) is 0 Å².